The van der Waals surface area contributed by atoms with Crippen LogP contribution >= 0.6 is 0 Å². The molecule has 3 aliphatic carbocycles. The van der Waals surface area contributed by atoms with E-state index in [4.69, 9.17) is 0 Å². The zero-order valence-corrected chi connectivity index (χ0v) is 48.9. The van der Waals surface area contributed by atoms with Crippen LogP contribution in [0, 0.1) is 0 Å². The molecule has 0 bridgehead atoms. The molecule has 0 saturated carbocycles. The Labute approximate surface area is 502 Å². The Bertz CT molecular complexity index is 5100. The van der Waals surface area contributed by atoms with Crippen LogP contribution in [-0.4, -0.2) is 0 Å². The molecule has 0 amide bonds. The Hall–Kier alpha value is -10.3. The molecule has 0 unspecified atom stereocenters. The van der Waals surface area contributed by atoms with Crippen molar-refractivity contribution >= 4 is 104 Å². The van der Waals surface area contributed by atoms with E-state index in [1.54, 1.807) is 5.57 Å². The fraction of sp³-hybridized carbons (Fsp3) is 0.0952. The molecule has 2 heteroatoms. The maximum absolute atomic E-state index is 2.56. The van der Waals surface area contributed by atoms with Crippen LogP contribution in [0.25, 0.3) is 104 Å². The average molecular weight is 1100 g/mol. The summed E-state index contributed by atoms with van der Waals surface area (Å²) in [5, 5.41) is 14.5. The Morgan fingerprint density at radius 1 is 0.291 bits per heavy atom. The van der Waals surface area contributed by atoms with E-state index in [2.05, 4.69) is 317 Å². The molecule has 0 radical (unpaired) electrons. The van der Waals surface area contributed by atoms with E-state index in [-0.39, 0.29) is 10.8 Å². The quantitative estimate of drug-likeness (QED) is 0.140. The molecular weight excluding hydrogens is 1040 g/mol. The molecule has 0 aliphatic heterocycles. The molecule has 0 atom stereocenters. The summed E-state index contributed by atoms with van der Waals surface area (Å²) in [5.74, 6) is 0. The summed E-state index contributed by atoms with van der Waals surface area (Å²) < 4.78 is 0. The zero-order valence-electron chi connectivity index (χ0n) is 48.9. The first kappa shape index (κ1) is 50.3. The fourth-order valence-electron chi connectivity index (χ4n) is 15.3. The van der Waals surface area contributed by atoms with Crippen molar-refractivity contribution in [2.75, 3.05) is 9.80 Å². The van der Waals surface area contributed by atoms with E-state index in [0.717, 1.165) is 47.0 Å². The smallest absolute Gasteiger partial charge is 0.0468 e. The minimum absolute atomic E-state index is 0.118. The molecule has 0 saturated heterocycles. The fourth-order valence-corrected chi connectivity index (χ4v) is 15.3. The van der Waals surface area contributed by atoms with Crippen molar-refractivity contribution in [1.82, 2.24) is 0 Å². The zero-order chi connectivity index (χ0) is 57.4. The van der Waals surface area contributed by atoms with Gasteiger partial charge in [-0.3, -0.25) is 0 Å². The maximum Gasteiger partial charge on any atom is 0.0468 e. The van der Waals surface area contributed by atoms with Crippen LogP contribution in [0.5, 0.6) is 0 Å². The van der Waals surface area contributed by atoms with Gasteiger partial charge in [-0.15, -0.1) is 0 Å². The van der Waals surface area contributed by atoms with Gasteiger partial charge >= 0.3 is 0 Å². The molecule has 14 aromatic rings. The molecule has 408 valence electrons. The van der Waals surface area contributed by atoms with Gasteiger partial charge in [0.2, 0.25) is 0 Å². The first-order valence-corrected chi connectivity index (χ1v) is 30.5. The minimum Gasteiger partial charge on any atom is -0.310 e. The Morgan fingerprint density at radius 2 is 0.663 bits per heavy atom. The van der Waals surface area contributed by atoms with Crippen molar-refractivity contribution < 1.29 is 0 Å². The third kappa shape index (κ3) is 7.79. The summed E-state index contributed by atoms with van der Waals surface area (Å²) in [7, 11) is 0. The summed E-state index contributed by atoms with van der Waals surface area (Å²) in [6.07, 6.45) is 6.92. The summed E-state index contributed by atoms with van der Waals surface area (Å²) >= 11 is 0. The highest BCUT2D eigenvalue weighted by Crippen LogP contribution is 2.55. The minimum atomic E-state index is -0.200. The van der Waals surface area contributed by atoms with Gasteiger partial charge in [0.15, 0.2) is 0 Å². The number of hydrogen-bond acceptors (Lipinski definition) is 2. The van der Waals surface area contributed by atoms with Gasteiger partial charge in [-0.25, -0.2) is 0 Å². The average Bonchev–Trinajstić information content (AvgIpc) is 1.44. The van der Waals surface area contributed by atoms with E-state index in [1.807, 2.05) is 0 Å². The third-order valence-electron chi connectivity index (χ3n) is 19.6. The van der Waals surface area contributed by atoms with E-state index in [9.17, 15) is 0 Å². The SMILES string of the molecule is CC1(C)C2=C(C=CCC2)c2ccc(-c3c4ccc(N(c5ccc6ccccc6c5)c5ccc6ccccc6c5)cc4c(-c4ccc5c(c4)C(C)(C)c4ccccc4-5)c4ccc(N(c5ccc6ccccc6c5)c5ccc6ccccc6c5)cc34)cc21. The van der Waals surface area contributed by atoms with Gasteiger partial charge in [-0.05, 0) is 224 Å². The van der Waals surface area contributed by atoms with Crippen molar-refractivity contribution in [3.63, 3.8) is 0 Å². The van der Waals surface area contributed by atoms with Crippen LogP contribution in [0.3, 0.4) is 0 Å². The van der Waals surface area contributed by atoms with Gasteiger partial charge in [0.25, 0.3) is 0 Å². The molecule has 0 N–H and O–H groups in total. The van der Waals surface area contributed by atoms with Crippen molar-refractivity contribution in [1.29, 1.82) is 0 Å². The lowest BCUT2D eigenvalue weighted by atomic mass is 9.77. The normalized spacial score (nSPS) is 14.5. The summed E-state index contributed by atoms with van der Waals surface area (Å²) in [6.45, 7) is 9.71. The predicted octanol–water partition coefficient (Wildman–Crippen LogP) is 23.6. The van der Waals surface area contributed by atoms with Crippen LogP contribution in [0.1, 0.15) is 62.8 Å². The van der Waals surface area contributed by atoms with Crippen molar-refractivity contribution in [3.05, 3.63) is 307 Å². The molecule has 14 aromatic carbocycles. The number of rotatable bonds is 8. The van der Waals surface area contributed by atoms with E-state index in [1.165, 1.54) is 126 Å². The van der Waals surface area contributed by atoms with E-state index >= 15 is 0 Å². The van der Waals surface area contributed by atoms with Gasteiger partial charge in [0.1, 0.15) is 0 Å². The third-order valence-corrected chi connectivity index (χ3v) is 19.6. The predicted molar refractivity (Wildman–Crippen MR) is 368 cm³/mol. The lowest BCUT2D eigenvalue weighted by Crippen LogP contribution is -2.17. The van der Waals surface area contributed by atoms with Gasteiger partial charge in [0, 0.05) is 45.0 Å². The second kappa shape index (κ2) is 19.1. The topological polar surface area (TPSA) is 6.48 Å². The van der Waals surface area contributed by atoms with Gasteiger partial charge in [-0.1, -0.05) is 227 Å². The summed E-state index contributed by atoms with van der Waals surface area (Å²) in [6, 6.07) is 101. The largest absolute Gasteiger partial charge is 0.310 e. The number of fused-ring (bicyclic) bond motifs is 11. The van der Waals surface area contributed by atoms with Crippen LogP contribution in [0.2, 0.25) is 0 Å². The molecule has 0 fully saturated rings. The molecule has 17 rings (SSSR count). The van der Waals surface area contributed by atoms with Crippen LogP contribution in [0.4, 0.5) is 34.1 Å². The molecular formula is C84H62N2. The number of anilines is 6. The highest BCUT2D eigenvalue weighted by molar-refractivity contribution is 6.23. The Morgan fingerprint density at radius 3 is 1.13 bits per heavy atom. The highest BCUT2D eigenvalue weighted by atomic mass is 15.1. The number of benzene rings is 14. The van der Waals surface area contributed by atoms with Crippen molar-refractivity contribution in [3.8, 4) is 33.4 Å². The van der Waals surface area contributed by atoms with E-state index < -0.39 is 0 Å². The second-order valence-corrected chi connectivity index (χ2v) is 25.2. The Kier molecular flexibility index (Phi) is 11.2. The first-order chi connectivity index (χ1) is 42.1. The number of allylic oxidation sites excluding steroid dienone is 4. The summed E-state index contributed by atoms with van der Waals surface area (Å²) in [4.78, 5) is 4.95. The van der Waals surface area contributed by atoms with Crippen LogP contribution < -0.4 is 9.80 Å². The second-order valence-electron chi connectivity index (χ2n) is 25.2. The van der Waals surface area contributed by atoms with Crippen molar-refractivity contribution in [2.24, 2.45) is 0 Å². The molecule has 0 aromatic heterocycles. The summed E-state index contributed by atoms with van der Waals surface area (Å²) in [5.41, 5.74) is 22.3. The highest BCUT2D eigenvalue weighted by Gasteiger charge is 2.39. The molecule has 86 heavy (non-hydrogen) atoms. The number of nitrogens with zero attached hydrogens (tertiary/aromatic N) is 2. The number of hydrogen-bond donors (Lipinski definition) is 0. The van der Waals surface area contributed by atoms with Crippen molar-refractivity contribution in [2.45, 2.75) is 51.4 Å². The molecule has 0 spiro atoms. The van der Waals surface area contributed by atoms with Gasteiger partial charge in [0.05, 0.1) is 0 Å². The monoisotopic (exact) mass is 1100 g/mol. The maximum atomic E-state index is 2.56. The first-order valence-electron chi connectivity index (χ1n) is 30.5. The molecule has 0 heterocycles. The van der Waals surface area contributed by atoms with Crippen LogP contribution in [0.15, 0.2) is 285 Å². The molecule has 3 aliphatic rings. The Balaban J connectivity index is 0.983. The van der Waals surface area contributed by atoms with E-state index in [0.29, 0.717) is 0 Å². The lowest BCUT2D eigenvalue weighted by molar-refractivity contribution is 0.607. The van der Waals surface area contributed by atoms with Gasteiger partial charge in [-0.2, -0.15) is 0 Å². The van der Waals surface area contributed by atoms with Crippen LogP contribution in [-0.2, 0) is 10.8 Å². The van der Waals surface area contributed by atoms with Gasteiger partial charge < -0.3 is 9.80 Å². The standard InChI is InChI=1S/C84H62N2/c1-83(2)77-27-15-13-25-69(77)71-41-33-61(49-79(71)83)81-73-43-39-68(86(65-37-31-55-19-7-11-23-59(55)47-65)66-38-32-56-20-8-12-24-60(56)48-66)52-76(73)82(62-34-42-72-70-26-14-16-28-78(70)84(3,4)80(72)50-62)74-44-40-67(51-75(74)81)85(63-35-29-53-17-5-9-21-57(53)45-63)64-36-30-54-18-6-10-22-58(54)46-64/h5-15,17-27,29-52H,16,28H2,1-4H3. The lowest BCUT2D eigenvalue weighted by Gasteiger charge is -2.29. The molecule has 2 nitrogen and oxygen atoms in total.